The first kappa shape index (κ1) is 20.8. The van der Waals surface area contributed by atoms with E-state index in [9.17, 15) is 15.0 Å². The molecular formula is C24H22ClN3O3. The van der Waals surface area contributed by atoms with Gasteiger partial charge in [0, 0.05) is 36.1 Å². The molecule has 4 rings (SSSR count). The fourth-order valence-electron chi connectivity index (χ4n) is 3.61. The molecular weight excluding hydrogens is 414 g/mol. The van der Waals surface area contributed by atoms with Gasteiger partial charge in [-0.2, -0.15) is 0 Å². The predicted octanol–water partition coefficient (Wildman–Crippen LogP) is 5.05. The summed E-state index contributed by atoms with van der Waals surface area (Å²) in [5, 5.41) is 22.0. The number of aryl methyl sites for hydroxylation is 2. The van der Waals surface area contributed by atoms with Crippen LogP contribution in [0.3, 0.4) is 0 Å². The molecule has 0 unspecified atom stereocenters. The van der Waals surface area contributed by atoms with E-state index >= 15 is 0 Å². The minimum atomic E-state index is -0.418. The molecule has 0 aliphatic heterocycles. The van der Waals surface area contributed by atoms with Gasteiger partial charge >= 0.3 is 0 Å². The zero-order valence-electron chi connectivity index (χ0n) is 17.0. The van der Waals surface area contributed by atoms with E-state index in [-0.39, 0.29) is 17.2 Å². The smallest absolute Gasteiger partial charge is 0.235 e. The molecule has 0 amide bonds. The van der Waals surface area contributed by atoms with Crippen LogP contribution in [-0.4, -0.2) is 30.1 Å². The average Bonchev–Trinajstić information content (AvgIpc) is 3.37. The zero-order valence-corrected chi connectivity index (χ0v) is 17.8. The third kappa shape index (κ3) is 4.20. The lowest BCUT2D eigenvalue weighted by atomic mass is 9.98. The van der Waals surface area contributed by atoms with Gasteiger partial charge in [0.2, 0.25) is 5.88 Å². The predicted molar refractivity (Wildman–Crippen MR) is 120 cm³/mol. The fraction of sp³-hybridized carbons (Fsp3) is 0.167. The van der Waals surface area contributed by atoms with Crippen LogP contribution in [0.5, 0.6) is 11.6 Å². The van der Waals surface area contributed by atoms with E-state index in [1.807, 2.05) is 29.8 Å². The number of aromatic hydroxyl groups is 2. The molecule has 2 N–H and O–H groups in total. The van der Waals surface area contributed by atoms with Crippen molar-refractivity contribution in [3.63, 3.8) is 0 Å². The number of hydrogen-bond acceptors (Lipinski definition) is 4. The van der Waals surface area contributed by atoms with Crippen molar-refractivity contribution >= 4 is 17.4 Å². The molecule has 0 fully saturated rings. The topological polar surface area (TPSA) is 80.3 Å². The molecule has 0 radical (unpaired) electrons. The molecule has 0 spiro atoms. The lowest BCUT2D eigenvalue weighted by molar-refractivity contribution is 0.103. The van der Waals surface area contributed by atoms with Crippen LogP contribution in [0, 0.1) is 6.92 Å². The van der Waals surface area contributed by atoms with Crippen LogP contribution in [0.4, 0.5) is 0 Å². The van der Waals surface area contributed by atoms with Gasteiger partial charge in [0.25, 0.3) is 0 Å². The first-order valence-electron chi connectivity index (χ1n) is 9.93. The van der Waals surface area contributed by atoms with Gasteiger partial charge in [0.1, 0.15) is 0 Å². The van der Waals surface area contributed by atoms with Crippen LogP contribution in [0.15, 0.2) is 67.3 Å². The van der Waals surface area contributed by atoms with Gasteiger partial charge in [-0.05, 0) is 31.0 Å². The lowest BCUT2D eigenvalue weighted by Crippen LogP contribution is -2.07. The molecule has 0 atom stereocenters. The van der Waals surface area contributed by atoms with Crippen molar-refractivity contribution in [2.45, 2.75) is 26.4 Å². The van der Waals surface area contributed by atoms with Gasteiger partial charge in [-0.3, -0.25) is 4.79 Å². The first-order chi connectivity index (χ1) is 15.0. The van der Waals surface area contributed by atoms with Crippen molar-refractivity contribution in [3.8, 4) is 22.9 Å². The van der Waals surface area contributed by atoms with Gasteiger partial charge in [-0.15, -0.1) is 0 Å². The minimum absolute atomic E-state index is 0.0753. The number of nitrogens with zero attached hydrogens (tertiary/aromatic N) is 3. The van der Waals surface area contributed by atoms with Crippen LogP contribution in [-0.2, 0) is 13.1 Å². The molecule has 0 aliphatic rings. The summed E-state index contributed by atoms with van der Waals surface area (Å²) < 4.78 is 3.51. The van der Waals surface area contributed by atoms with Gasteiger partial charge in [0.05, 0.1) is 17.6 Å². The van der Waals surface area contributed by atoms with Crippen LogP contribution >= 0.6 is 11.6 Å². The summed E-state index contributed by atoms with van der Waals surface area (Å²) in [5.41, 5.74) is 2.68. The standard InChI is InChI=1S/C24H22ClN3O3/c1-16-3-5-18(6-4-16)22(29)20-21(17-7-9-19(25)10-8-17)28(24(31)23(20)30)13-2-12-27-14-11-26-15-27/h3-11,14-15,30-31H,2,12-13H2,1H3. The summed E-state index contributed by atoms with van der Waals surface area (Å²) in [6.07, 6.45) is 5.95. The Hall–Kier alpha value is -3.51. The summed E-state index contributed by atoms with van der Waals surface area (Å²) in [6, 6.07) is 14.1. The number of aromatic nitrogens is 3. The van der Waals surface area contributed by atoms with E-state index < -0.39 is 5.75 Å². The molecule has 0 aliphatic carbocycles. The van der Waals surface area contributed by atoms with Crippen molar-refractivity contribution in [2.75, 3.05) is 0 Å². The van der Waals surface area contributed by atoms with Crippen molar-refractivity contribution < 1.29 is 15.0 Å². The van der Waals surface area contributed by atoms with Crippen LogP contribution in [0.1, 0.15) is 27.9 Å². The Morgan fingerprint density at radius 3 is 2.39 bits per heavy atom. The summed E-state index contributed by atoms with van der Waals surface area (Å²) >= 11 is 6.05. The number of hydrogen-bond donors (Lipinski definition) is 2. The van der Waals surface area contributed by atoms with Crippen molar-refractivity contribution in [1.29, 1.82) is 0 Å². The van der Waals surface area contributed by atoms with Crippen molar-refractivity contribution in [2.24, 2.45) is 0 Å². The highest BCUT2D eigenvalue weighted by Crippen LogP contribution is 2.42. The zero-order chi connectivity index (χ0) is 22.0. The maximum Gasteiger partial charge on any atom is 0.235 e. The maximum absolute atomic E-state index is 13.3. The Morgan fingerprint density at radius 1 is 1.03 bits per heavy atom. The first-order valence-corrected chi connectivity index (χ1v) is 10.3. The molecule has 0 bridgehead atoms. The highest BCUT2D eigenvalue weighted by molar-refractivity contribution is 6.30. The summed E-state index contributed by atoms with van der Waals surface area (Å²) in [5.74, 6) is -1.10. The number of carbonyl (C=O) groups excluding carboxylic acids is 1. The number of ketones is 1. The number of rotatable bonds is 7. The molecule has 6 nitrogen and oxygen atoms in total. The Morgan fingerprint density at radius 2 is 1.74 bits per heavy atom. The van der Waals surface area contributed by atoms with E-state index in [1.54, 1.807) is 53.5 Å². The molecule has 2 aromatic carbocycles. The number of halogens is 1. The normalized spacial score (nSPS) is 11.0. The highest BCUT2D eigenvalue weighted by Gasteiger charge is 2.28. The quantitative estimate of drug-likeness (QED) is 0.398. The lowest BCUT2D eigenvalue weighted by Gasteiger charge is -2.12. The van der Waals surface area contributed by atoms with E-state index in [0.717, 1.165) is 5.56 Å². The molecule has 0 saturated carbocycles. The van der Waals surface area contributed by atoms with E-state index in [2.05, 4.69) is 4.98 Å². The molecule has 2 aromatic heterocycles. The third-order valence-electron chi connectivity index (χ3n) is 5.23. The van der Waals surface area contributed by atoms with Gasteiger partial charge in [0.15, 0.2) is 11.5 Å². The number of carbonyl (C=O) groups is 1. The van der Waals surface area contributed by atoms with E-state index in [1.165, 1.54) is 0 Å². The van der Waals surface area contributed by atoms with Crippen molar-refractivity contribution in [3.05, 3.63) is 89.0 Å². The maximum atomic E-state index is 13.3. The van der Waals surface area contributed by atoms with E-state index in [4.69, 9.17) is 11.6 Å². The Kier molecular flexibility index (Phi) is 5.82. The number of imidazole rings is 1. The second-order valence-electron chi connectivity index (χ2n) is 7.40. The molecule has 2 heterocycles. The third-order valence-corrected chi connectivity index (χ3v) is 5.48. The van der Waals surface area contributed by atoms with Gasteiger partial charge < -0.3 is 19.3 Å². The minimum Gasteiger partial charge on any atom is -0.503 e. The molecule has 0 saturated heterocycles. The van der Waals surface area contributed by atoms with Gasteiger partial charge in [-0.25, -0.2) is 4.98 Å². The largest absolute Gasteiger partial charge is 0.503 e. The molecule has 31 heavy (non-hydrogen) atoms. The Bertz CT molecular complexity index is 1190. The SMILES string of the molecule is Cc1ccc(C(=O)c2c(O)c(O)n(CCCn3ccnc3)c2-c2ccc(Cl)cc2)cc1. The summed E-state index contributed by atoms with van der Waals surface area (Å²) in [7, 11) is 0. The molecule has 7 heteroatoms. The Labute approximate surface area is 185 Å². The van der Waals surface area contributed by atoms with Crippen LogP contribution < -0.4 is 0 Å². The second kappa shape index (κ2) is 8.70. The van der Waals surface area contributed by atoms with Gasteiger partial charge in [-0.1, -0.05) is 53.6 Å². The van der Waals surface area contributed by atoms with Crippen molar-refractivity contribution in [1.82, 2.24) is 14.1 Å². The summed E-state index contributed by atoms with van der Waals surface area (Å²) in [6.45, 7) is 3.02. The molecule has 158 valence electrons. The van der Waals surface area contributed by atoms with Crippen LogP contribution in [0.25, 0.3) is 11.3 Å². The molecule has 4 aromatic rings. The fourth-order valence-corrected chi connectivity index (χ4v) is 3.74. The summed E-state index contributed by atoms with van der Waals surface area (Å²) in [4.78, 5) is 17.4. The van der Waals surface area contributed by atoms with Crippen LogP contribution in [0.2, 0.25) is 5.02 Å². The monoisotopic (exact) mass is 435 g/mol. The number of benzene rings is 2. The second-order valence-corrected chi connectivity index (χ2v) is 7.84. The average molecular weight is 436 g/mol. The van der Waals surface area contributed by atoms with E-state index in [0.29, 0.717) is 41.4 Å². The Balaban J connectivity index is 1.78. The highest BCUT2D eigenvalue weighted by atomic mass is 35.5.